The van der Waals surface area contributed by atoms with Gasteiger partial charge in [0, 0.05) is 26.2 Å². The average molecular weight is 343 g/mol. The normalized spacial score (nSPS) is 16.4. The van der Waals surface area contributed by atoms with Gasteiger partial charge in [-0.3, -0.25) is 4.90 Å². The lowest BCUT2D eigenvalue weighted by atomic mass is 10.3. The number of benzene rings is 1. The summed E-state index contributed by atoms with van der Waals surface area (Å²) < 4.78 is 3.16. The van der Waals surface area contributed by atoms with Gasteiger partial charge in [-0.2, -0.15) is 0 Å². The second-order valence-electron chi connectivity index (χ2n) is 6.36. The Morgan fingerprint density at radius 3 is 2.67 bits per heavy atom. The van der Waals surface area contributed by atoms with Gasteiger partial charge in [-0.05, 0) is 36.4 Å². The maximum atomic E-state index is 4.76. The molecule has 4 rings (SSSR count). The second kappa shape index (κ2) is 6.45. The van der Waals surface area contributed by atoms with Gasteiger partial charge in [0.2, 0.25) is 0 Å². The van der Waals surface area contributed by atoms with Crippen LogP contribution in [0.3, 0.4) is 0 Å². The first-order valence-electron chi connectivity index (χ1n) is 8.30. The number of hydrogen-bond acceptors (Lipinski definition) is 7. The minimum atomic E-state index is 0.291. The summed E-state index contributed by atoms with van der Waals surface area (Å²) in [4.78, 5) is 9.56. The fraction of sp³-hybridized carbons (Fsp3) is 0.500. The van der Waals surface area contributed by atoms with Gasteiger partial charge in [0.1, 0.15) is 0 Å². The highest BCUT2D eigenvalue weighted by Crippen LogP contribution is 2.29. The monoisotopic (exact) mass is 343 g/mol. The van der Waals surface area contributed by atoms with Gasteiger partial charge in [0.25, 0.3) is 0 Å². The van der Waals surface area contributed by atoms with Gasteiger partial charge in [0.05, 0.1) is 22.8 Å². The van der Waals surface area contributed by atoms with E-state index in [1.165, 1.54) is 4.70 Å². The van der Waals surface area contributed by atoms with Gasteiger partial charge < -0.3 is 4.90 Å². The summed E-state index contributed by atoms with van der Waals surface area (Å²) >= 11 is 1.78. The van der Waals surface area contributed by atoms with Crippen LogP contribution in [0.15, 0.2) is 24.3 Å². The van der Waals surface area contributed by atoms with Crippen molar-refractivity contribution in [3.63, 3.8) is 0 Å². The maximum Gasteiger partial charge on any atom is 0.186 e. The van der Waals surface area contributed by atoms with E-state index in [2.05, 4.69) is 57.4 Å². The van der Waals surface area contributed by atoms with E-state index in [0.29, 0.717) is 6.04 Å². The predicted octanol–water partition coefficient (Wildman–Crippen LogP) is 2.19. The van der Waals surface area contributed by atoms with Gasteiger partial charge in [-0.1, -0.05) is 23.5 Å². The van der Waals surface area contributed by atoms with E-state index < -0.39 is 0 Å². The van der Waals surface area contributed by atoms with E-state index in [9.17, 15) is 0 Å². The number of anilines is 1. The summed E-state index contributed by atoms with van der Waals surface area (Å²) in [5.41, 5.74) is 1.09. The highest BCUT2D eigenvalue weighted by Gasteiger charge is 2.21. The van der Waals surface area contributed by atoms with E-state index in [1.807, 2.05) is 10.7 Å². The Kier molecular flexibility index (Phi) is 4.15. The number of piperazine rings is 1. The molecule has 126 valence electrons. The Balaban J connectivity index is 1.40. The third-order valence-electron chi connectivity index (χ3n) is 4.34. The second-order valence-corrected chi connectivity index (χ2v) is 7.37. The zero-order valence-corrected chi connectivity index (χ0v) is 14.8. The zero-order chi connectivity index (χ0) is 16.5. The van der Waals surface area contributed by atoms with Gasteiger partial charge >= 0.3 is 0 Å². The fourth-order valence-electron chi connectivity index (χ4n) is 3.01. The van der Waals surface area contributed by atoms with Crippen LogP contribution >= 0.6 is 11.3 Å². The summed E-state index contributed by atoms with van der Waals surface area (Å²) in [5.74, 6) is 0.943. The lowest BCUT2D eigenvalue weighted by molar-refractivity contribution is 0.237. The molecule has 1 fully saturated rings. The maximum absolute atomic E-state index is 4.76. The third-order valence-corrected chi connectivity index (χ3v) is 5.44. The molecule has 0 amide bonds. The summed E-state index contributed by atoms with van der Waals surface area (Å²) in [7, 11) is 0. The van der Waals surface area contributed by atoms with Crippen LogP contribution in [0.4, 0.5) is 5.13 Å². The minimum Gasteiger partial charge on any atom is -0.345 e. The predicted molar refractivity (Wildman–Crippen MR) is 95.3 cm³/mol. The summed E-state index contributed by atoms with van der Waals surface area (Å²) in [5, 5.41) is 13.2. The van der Waals surface area contributed by atoms with Crippen molar-refractivity contribution >= 4 is 26.7 Å². The number of fused-ring (bicyclic) bond motifs is 1. The molecule has 24 heavy (non-hydrogen) atoms. The highest BCUT2D eigenvalue weighted by atomic mass is 32.1. The van der Waals surface area contributed by atoms with Crippen molar-refractivity contribution in [1.29, 1.82) is 0 Å². The molecule has 0 spiro atoms. The van der Waals surface area contributed by atoms with Crippen molar-refractivity contribution in [2.24, 2.45) is 0 Å². The van der Waals surface area contributed by atoms with Crippen molar-refractivity contribution in [1.82, 2.24) is 30.1 Å². The summed E-state index contributed by atoms with van der Waals surface area (Å²) in [6, 6.07) is 8.62. The number of rotatable bonds is 4. The average Bonchev–Trinajstić information content (AvgIpc) is 3.22. The zero-order valence-electron chi connectivity index (χ0n) is 14.0. The molecule has 8 heteroatoms. The molecule has 0 bridgehead atoms. The van der Waals surface area contributed by atoms with Crippen molar-refractivity contribution in [2.45, 2.75) is 26.4 Å². The SMILES string of the molecule is CC(C)n1nnnc1CN1CCN(c2nc3ccccc3s2)CC1. The molecule has 0 N–H and O–H groups in total. The Labute approximate surface area is 144 Å². The number of tetrazole rings is 1. The van der Waals surface area contributed by atoms with Crippen molar-refractivity contribution < 1.29 is 0 Å². The third kappa shape index (κ3) is 2.99. The molecule has 0 saturated carbocycles. The minimum absolute atomic E-state index is 0.291. The smallest absolute Gasteiger partial charge is 0.186 e. The molecule has 0 aliphatic carbocycles. The molecule has 0 radical (unpaired) electrons. The van der Waals surface area contributed by atoms with Gasteiger partial charge in [-0.25, -0.2) is 9.67 Å². The Bertz CT molecular complexity index is 784. The number of para-hydroxylation sites is 1. The molecule has 3 aromatic rings. The quantitative estimate of drug-likeness (QED) is 0.724. The fourth-order valence-corrected chi connectivity index (χ4v) is 4.03. The van der Waals surface area contributed by atoms with E-state index in [0.717, 1.165) is 49.2 Å². The Hall–Kier alpha value is -2.06. The van der Waals surface area contributed by atoms with Crippen molar-refractivity contribution in [2.75, 3.05) is 31.1 Å². The summed E-state index contributed by atoms with van der Waals surface area (Å²) in [6.07, 6.45) is 0. The molecule has 1 saturated heterocycles. The van der Waals surface area contributed by atoms with E-state index >= 15 is 0 Å². The van der Waals surface area contributed by atoms with E-state index in [1.54, 1.807) is 11.3 Å². The molecule has 1 aliphatic rings. The lowest BCUT2D eigenvalue weighted by Gasteiger charge is -2.34. The molecular formula is C16H21N7S. The first-order valence-corrected chi connectivity index (χ1v) is 9.12. The van der Waals surface area contributed by atoms with Gasteiger partial charge in [0.15, 0.2) is 11.0 Å². The Morgan fingerprint density at radius 2 is 1.92 bits per heavy atom. The number of aromatic nitrogens is 5. The topological polar surface area (TPSA) is 63.0 Å². The standard InChI is InChI=1S/C16H21N7S/c1-12(2)23-15(18-19-20-23)11-21-7-9-22(10-8-21)16-17-13-5-3-4-6-14(13)24-16/h3-6,12H,7-11H2,1-2H3. The van der Waals surface area contributed by atoms with Crippen LogP contribution in [0.25, 0.3) is 10.2 Å². The van der Waals surface area contributed by atoms with E-state index in [-0.39, 0.29) is 0 Å². The van der Waals surface area contributed by atoms with Crippen LogP contribution in [0.5, 0.6) is 0 Å². The molecular weight excluding hydrogens is 322 g/mol. The van der Waals surface area contributed by atoms with Gasteiger partial charge in [-0.15, -0.1) is 5.10 Å². The molecule has 7 nitrogen and oxygen atoms in total. The molecule has 1 aliphatic heterocycles. The molecule has 1 aromatic carbocycles. The number of hydrogen-bond donors (Lipinski definition) is 0. The first-order chi connectivity index (χ1) is 11.7. The molecule has 0 unspecified atom stereocenters. The molecule has 2 aromatic heterocycles. The number of thiazole rings is 1. The molecule has 3 heterocycles. The number of nitrogens with zero attached hydrogens (tertiary/aromatic N) is 7. The van der Waals surface area contributed by atoms with Crippen LogP contribution in [-0.4, -0.2) is 56.3 Å². The van der Waals surface area contributed by atoms with Crippen LogP contribution in [0.2, 0.25) is 0 Å². The van der Waals surface area contributed by atoms with Crippen LogP contribution in [0, 0.1) is 0 Å². The largest absolute Gasteiger partial charge is 0.345 e. The van der Waals surface area contributed by atoms with Crippen LogP contribution in [0.1, 0.15) is 25.7 Å². The summed E-state index contributed by atoms with van der Waals surface area (Å²) in [6.45, 7) is 8.99. The van der Waals surface area contributed by atoms with Crippen molar-refractivity contribution in [3.8, 4) is 0 Å². The van der Waals surface area contributed by atoms with Crippen LogP contribution in [-0.2, 0) is 6.54 Å². The first kappa shape index (κ1) is 15.5. The highest BCUT2D eigenvalue weighted by molar-refractivity contribution is 7.22. The lowest BCUT2D eigenvalue weighted by Crippen LogP contribution is -2.46. The van der Waals surface area contributed by atoms with E-state index in [4.69, 9.17) is 4.98 Å². The van der Waals surface area contributed by atoms with Crippen molar-refractivity contribution in [3.05, 3.63) is 30.1 Å². The Morgan fingerprint density at radius 1 is 1.12 bits per heavy atom. The van der Waals surface area contributed by atoms with Crippen LogP contribution < -0.4 is 4.90 Å². The molecule has 0 atom stereocenters.